The van der Waals surface area contributed by atoms with Crippen molar-refractivity contribution in [2.45, 2.75) is 12.1 Å². The fourth-order valence-corrected chi connectivity index (χ4v) is 3.57. The second kappa shape index (κ2) is 6.86. The van der Waals surface area contributed by atoms with Crippen LogP contribution in [0.15, 0.2) is 54.9 Å². The first-order chi connectivity index (χ1) is 12.7. The van der Waals surface area contributed by atoms with Gasteiger partial charge in [-0.25, -0.2) is 5.06 Å². The normalized spacial score (nSPS) is 25.0. The summed E-state index contributed by atoms with van der Waals surface area (Å²) in [6, 6.07) is 12.8. The Hall–Kier alpha value is -2.77. The highest BCUT2D eigenvalue weighted by atomic mass is 16.7. The predicted octanol–water partition coefficient (Wildman–Crippen LogP) is 1.57. The van der Waals surface area contributed by atoms with E-state index in [0.717, 1.165) is 11.3 Å². The summed E-state index contributed by atoms with van der Waals surface area (Å²) >= 11 is 0. The van der Waals surface area contributed by atoms with E-state index in [4.69, 9.17) is 9.57 Å². The zero-order valence-corrected chi connectivity index (χ0v) is 14.3. The number of carbonyl (C=O) groups excluding carboxylic acids is 2. The highest BCUT2D eigenvalue weighted by molar-refractivity contribution is 6.07. The fraction of sp³-hybridized carbons (Fsp3) is 0.316. The summed E-state index contributed by atoms with van der Waals surface area (Å²) in [5.74, 6) is -1.13. The summed E-state index contributed by atoms with van der Waals surface area (Å²) < 4.78 is 5.02. The van der Waals surface area contributed by atoms with Gasteiger partial charge in [-0.15, -0.1) is 0 Å². The van der Waals surface area contributed by atoms with Crippen molar-refractivity contribution in [2.75, 3.05) is 25.3 Å². The van der Waals surface area contributed by atoms with Gasteiger partial charge >= 0.3 is 0 Å². The van der Waals surface area contributed by atoms with Crippen LogP contribution < -0.4 is 5.06 Å². The lowest BCUT2D eigenvalue weighted by atomic mass is 9.91. The summed E-state index contributed by atoms with van der Waals surface area (Å²) in [7, 11) is 1.54. The number of rotatable bonds is 5. The lowest BCUT2D eigenvalue weighted by Crippen LogP contribution is -2.39. The highest BCUT2D eigenvalue weighted by Gasteiger charge is 2.59. The summed E-state index contributed by atoms with van der Waals surface area (Å²) in [5, 5.41) is 1.67. The average Bonchev–Trinajstić information content (AvgIpc) is 3.19. The number of nitrogens with zero attached hydrogens (tertiary/aromatic N) is 3. The number of imide groups is 1. The van der Waals surface area contributed by atoms with Crippen LogP contribution in [0, 0.1) is 5.92 Å². The molecule has 2 saturated heterocycles. The molecule has 0 N–H and O–H groups in total. The van der Waals surface area contributed by atoms with Crippen LogP contribution in [-0.2, 0) is 19.2 Å². The molecule has 0 radical (unpaired) electrons. The van der Waals surface area contributed by atoms with Crippen molar-refractivity contribution >= 4 is 17.5 Å². The molecule has 3 heterocycles. The number of fused-ring (bicyclic) bond motifs is 1. The number of likely N-dealkylation sites (tertiary alicyclic amines) is 1. The Balaban J connectivity index is 1.73. The lowest BCUT2D eigenvalue weighted by Gasteiger charge is -2.28. The molecule has 7 nitrogen and oxygen atoms in total. The van der Waals surface area contributed by atoms with Gasteiger partial charge in [-0.3, -0.25) is 24.3 Å². The van der Waals surface area contributed by atoms with E-state index in [-0.39, 0.29) is 18.4 Å². The highest BCUT2D eigenvalue weighted by Crippen LogP contribution is 2.46. The molecule has 1 aromatic carbocycles. The molecular weight excluding hydrogens is 334 g/mol. The van der Waals surface area contributed by atoms with Crippen molar-refractivity contribution in [3.63, 3.8) is 0 Å². The smallest absolute Gasteiger partial charge is 0.262 e. The number of ether oxygens (including phenoxy) is 1. The molecule has 2 aromatic rings. The second-order valence-corrected chi connectivity index (χ2v) is 6.26. The summed E-state index contributed by atoms with van der Waals surface area (Å²) in [4.78, 5) is 37.0. The van der Waals surface area contributed by atoms with E-state index in [9.17, 15) is 9.59 Å². The van der Waals surface area contributed by atoms with E-state index in [1.54, 1.807) is 24.6 Å². The number of benzene rings is 1. The van der Waals surface area contributed by atoms with E-state index in [1.165, 1.54) is 4.90 Å². The summed E-state index contributed by atoms with van der Waals surface area (Å²) in [6.45, 7) is 0.540. The monoisotopic (exact) mass is 353 g/mol. The quantitative estimate of drug-likeness (QED) is 0.760. The van der Waals surface area contributed by atoms with Crippen molar-refractivity contribution in [3.8, 4) is 0 Å². The third-order valence-electron chi connectivity index (χ3n) is 4.78. The first-order valence-electron chi connectivity index (χ1n) is 8.47. The maximum Gasteiger partial charge on any atom is 0.262 e. The molecule has 2 aliphatic heterocycles. The topological polar surface area (TPSA) is 72.0 Å². The zero-order valence-electron chi connectivity index (χ0n) is 14.3. The molecule has 0 aliphatic carbocycles. The number of hydroxylamine groups is 1. The van der Waals surface area contributed by atoms with E-state index < -0.39 is 18.1 Å². The minimum Gasteiger partial charge on any atom is -0.383 e. The van der Waals surface area contributed by atoms with Gasteiger partial charge in [0, 0.05) is 19.5 Å². The predicted molar refractivity (Wildman–Crippen MR) is 92.9 cm³/mol. The van der Waals surface area contributed by atoms with Crippen molar-refractivity contribution in [3.05, 3.63) is 60.4 Å². The number of anilines is 1. The Bertz CT molecular complexity index is 799. The number of pyridine rings is 1. The number of carbonyl (C=O) groups is 2. The van der Waals surface area contributed by atoms with Gasteiger partial charge in [0.1, 0.15) is 5.92 Å². The van der Waals surface area contributed by atoms with Crippen LogP contribution in [-0.4, -0.2) is 48.1 Å². The first-order valence-corrected chi connectivity index (χ1v) is 8.47. The fourth-order valence-electron chi connectivity index (χ4n) is 3.57. The van der Waals surface area contributed by atoms with Crippen molar-refractivity contribution in [1.29, 1.82) is 0 Å². The molecule has 1 aromatic heterocycles. The lowest BCUT2D eigenvalue weighted by molar-refractivity contribution is -0.143. The molecule has 2 amide bonds. The molecule has 0 bridgehead atoms. The van der Waals surface area contributed by atoms with E-state index >= 15 is 0 Å². The van der Waals surface area contributed by atoms with Crippen LogP contribution in [0.5, 0.6) is 0 Å². The standard InChI is InChI=1S/C19H19N3O4/c1-25-12-11-21-18(23)15-16(13-7-9-20-10-8-13)22(26-17(15)19(21)24)14-5-3-2-4-6-14/h2-10,15-17H,11-12H2,1H3. The van der Waals surface area contributed by atoms with Gasteiger partial charge in [0.05, 0.1) is 24.9 Å². The van der Waals surface area contributed by atoms with Gasteiger partial charge in [-0.05, 0) is 29.8 Å². The maximum absolute atomic E-state index is 13.0. The van der Waals surface area contributed by atoms with Crippen LogP contribution in [0.3, 0.4) is 0 Å². The van der Waals surface area contributed by atoms with E-state index in [0.29, 0.717) is 6.61 Å². The van der Waals surface area contributed by atoms with Gasteiger partial charge in [-0.1, -0.05) is 18.2 Å². The Morgan fingerprint density at radius 2 is 1.81 bits per heavy atom. The number of aromatic nitrogens is 1. The number of methoxy groups -OCH3 is 1. The van der Waals surface area contributed by atoms with Crippen LogP contribution in [0.25, 0.3) is 0 Å². The molecule has 2 fully saturated rings. The molecular formula is C19H19N3O4. The van der Waals surface area contributed by atoms with E-state index in [1.807, 2.05) is 42.5 Å². The maximum atomic E-state index is 13.0. The molecule has 134 valence electrons. The number of hydrogen-bond acceptors (Lipinski definition) is 6. The molecule has 26 heavy (non-hydrogen) atoms. The molecule has 4 rings (SSSR count). The largest absolute Gasteiger partial charge is 0.383 e. The van der Waals surface area contributed by atoms with Crippen LogP contribution in [0.2, 0.25) is 0 Å². The molecule has 3 atom stereocenters. The first kappa shape index (κ1) is 16.7. The van der Waals surface area contributed by atoms with Gasteiger partial charge in [0.25, 0.3) is 5.91 Å². The second-order valence-electron chi connectivity index (χ2n) is 6.26. The zero-order chi connectivity index (χ0) is 18.1. The van der Waals surface area contributed by atoms with Crippen molar-refractivity contribution < 1.29 is 19.2 Å². The van der Waals surface area contributed by atoms with E-state index in [2.05, 4.69) is 4.98 Å². The van der Waals surface area contributed by atoms with Crippen LogP contribution in [0.4, 0.5) is 5.69 Å². The minimum atomic E-state index is -0.822. The Kier molecular flexibility index (Phi) is 4.40. The Labute approximate surface area is 151 Å². The van der Waals surface area contributed by atoms with Crippen LogP contribution >= 0.6 is 0 Å². The van der Waals surface area contributed by atoms with Crippen molar-refractivity contribution in [1.82, 2.24) is 9.88 Å². The number of para-hydroxylation sites is 1. The molecule has 0 spiro atoms. The van der Waals surface area contributed by atoms with Gasteiger partial charge in [0.2, 0.25) is 5.91 Å². The minimum absolute atomic E-state index is 0.225. The Morgan fingerprint density at radius 1 is 1.08 bits per heavy atom. The van der Waals surface area contributed by atoms with Gasteiger partial charge in [-0.2, -0.15) is 0 Å². The third kappa shape index (κ3) is 2.65. The van der Waals surface area contributed by atoms with Gasteiger partial charge in [0.15, 0.2) is 6.10 Å². The molecule has 0 saturated carbocycles. The summed E-state index contributed by atoms with van der Waals surface area (Å²) in [5.41, 5.74) is 1.68. The molecule has 2 aliphatic rings. The van der Waals surface area contributed by atoms with Gasteiger partial charge < -0.3 is 4.74 Å². The Morgan fingerprint density at radius 3 is 2.50 bits per heavy atom. The summed E-state index contributed by atoms with van der Waals surface area (Å²) in [6.07, 6.45) is 2.53. The number of amides is 2. The van der Waals surface area contributed by atoms with Crippen molar-refractivity contribution in [2.24, 2.45) is 5.92 Å². The van der Waals surface area contributed by atoms with Crippen LogP contribution in [0.1, 0.15) is 11.6 Å². The SMILES string of the molecule is COCCN1C(=O)C2ON(c3ccccc3)C(c3ccncc3)C2C1=O. The third-order valence-corrected chi connectivity index (χ3v) is 4.78. The molecule has 7 heteroatoms. The molecule has 3 unspecified atom stereocenters. The average molecular weight is 353 g/mol. The number of hydrogen-bond donors (Lipinski definition) is 0.